The molecule has 0 saturated carbocycles. The van der Waals surface area contributed by atoms with Crippen molar-refractivity contribution in [2.45, 2.75) is 124 Å². The van der Waals surface area contributed by atoms with Crippen molar-refractivity contribution in [1.82, 2.24) is 29.6 Å². The summed E-state index contributed by atoms with van der Waals surface area (Å²) in [6, 6.07) is 28.7. The molecule has 16 nitrogen and oxygen atoms in total. The normalized spacial score (nSPS) is 21.2. The van der Waals surface area contributed by atoms with Gasteiger partial charge in [0.15, 0.2) is 0 Å². The highest BCUT2D eigenvalue weighted by atomic mass is 79.9. The summed E-state index contributed by atoms with van der Waals surface area (Å²) in [5, 5.41) is 6.12. The first-order valence-electron chi connectivity index (χ1n) is 29.2. The summed E-state index contributed by atoms with van der Waals surface area (Å²) in [5.41, 5.74) is 1.00. The Kier molecular flexibility index (Phi) is 19.4. The number of alkyl halides is 3. The Hall–Kier alpha value is -5.79. The van der Waals surface area contributed by atoms with Crippen LogP contribution in [0, 0.1) is 5.41 Å². The van der Waals surface area contributed by atoms with Crippen LogP contribution in [0.25, 0.3) is 5.57 Å². The number of sulfonamides is 1. The molecule has 5 aromatic rings. The number of piperazine rings is 2. The molecule has 87 heavy (non-hydrogen) atoms. The van der Waals surface area contributed by atoms with Crippen LogP contribution in [0.2, 0.25) is 5.02 Å². The van der Waals surface area contributed by atoms with E-state index in [0.29, 0.717) is 72.6 Å². The zero-order valence-electron chi connectivity index (χ0n) is 48.8. The Balaban J connectivity index is 0.788. The maximum absolute atomic E-state index is 14.6. The number of piperidine rings is 1. The van der Waals surface area contributed by atoms with Crippen molar-refractivity contribution >= 4 is 99.7 Å². The van der Waals surface area contributed by atoms with E-state index in [-0.39, 0.29) is 54.3 Å². The van der Waals surface area contributed by atoms with Crippen LogP contribution in [-0.4, -0.2) is 148 Å². The molecule has 4 amide bonds. The first-order valence-corrected chi connectivity index (χ1v) is 34.3. The molecule has 24 heteroatoms. The van der Waals surface area contributed by atoms with Crippen molar-refractivity contribution in [2.75, 3.05) is 68.3 Å². The third-order valence-electron chi connectivity index (χ3n) is 17.2. The van der Waals surface area contributed by atoms with Crippen LogP contribution in [0.15, 0.2) is 134 Å². The number of nitrogens with zero attached hydrogens (tertiary/aromatic N) is 5. The first kappa shape index (κ1) is 64.2. The maximum Gasteiger partial charge on any atom is 0.501 e. The lowest BCUT2D eigenvalue weighted by Gasteiger charge is -2.45. The average molecular weight is 1340 g/mol. The third kappa shape index (κ3) is 14.9. The predicted octanol–water partition coefficient (Wildman–Crippen LogP) is 10.6. The van der Waals surface area contributed by atoms with E-state index in [1.165, 1.54) is 45.5 Å². The number of anilines is 2. The zero-order valence-corrected chi connectivity index (χ0v) is 53.6. The number of rotatable bonds is 19. The highest BCUT2D eigenvalue weighted by Gasteiger charge is 2.49. The quantitative estimate of drug-likeness (QED) is 0.0523. The Bertz CT molecular complexity index is 3670. The Morgan fingerprint density at radius 1 is 0.851 bits per heavy atom. The number of benzene rings is 5. The fourth-order valence-corrected chi connectivity index (χ4v) is 16.6. The molecule has 0 radical (unpaired) electrons. The lowest BCUT2D eigenvalue weighted by atomic mass is 9.73. The summed E-state index contributed by atoms with van der Waals surface area (Å²) < 4.78 is 101. The number of nitrogens with one attached hydrogen (secondary N) is 3. The maximum atomic E-state index is 14.6. The van der Waals surface area contributed by atoms with Crippen LogP contribution < -0.4 is 20.3 Å². The molecule has 1 aliphatic carbocycles. The minimum Gasteiger partial charge on any atom is -0.380 e. The number of hydrogen-bond donors (Lipinski definition) is 3. The number of halogens is 5. The second kappa shape index (κ2) is 26.3. The van der Waals surface area contributed by atoms with Gasteiger partial charge in [-0.05, 0) is 162 Å². The fourth-order valence-electron chi connectivity index (χ4n) is 12.7. The smallest absolute Gasteiger partial charge is 0.380 e. The van der Waals surface area contributed by atoms with Crippen LogP contribution in [0.1, 0.15) is 104 Å². The van der Waals surface area contributed by atoms with Crippen molar-refractivity contribution in [1.29, 1.82) is 0 Å². The van der Waals surface area contributed by atoms with Gasteiger partial charge in [0.2, 0.25) is 11.8 Å². The molecule has 3 saturated heterocycles. The van der Waals surface area contributed by atoms with Gasteiger partial charge >= 0.3 is 5.51 Å². The van der Waals surface area contributed by atoms with Gasteiger partial charge in [-0.3, -0.25) is 39.2 Å². The van der Waals surface area contributed by atoms with Crippen LogP contribution in [0.3, 0.4) is 0 Å². The molecule has 0 spiro atoms. The molecule has 3 unspecified atom stereocenters. The van der Waals surface area contributed by atoms with Crippen molar-refractivity contribution in [3.63, 3.8) is 0 Å². The Morgan fingerprint density at radius 3 is 2.21 bits per heavy atom. The standard InChI is InChI=1S/C63H71BrClF3N8O8S3/c1-40-34-73(36-42-30-45-38-76(61(80)58(45)53(64)31-42)55-20-21-57(77)70-60(55)79)35-41(2)75(40)25-23-48(39-85-50-8-6-5-7-9-50)69-54-19-18-51(32-56(54)86(81,82)63(66,67)68)87(83,84)71-59(78)44-12-16-49(17-13-44)74-28-26-72(27-29-74)37-46-33-62(3,4)24-22-52(46)43-10-14-47(65)15-11-43/h5-19,30-32,40-41,48,55,69H,20-29,33-39H2,1-4H3,(H,71,78)(H,70,77,79)/t40?,41?,48-,55?/m1/s1. The third-order valence-corrected chi connectivity index (χ3v) is 22.1. The van der Waals surface area contributed by atoms with E-state index in [9.17, 15) is 49.2 Å². The van der Waals surface area contributed by atoms with Gasteiger partial charge in [-0.1, -0.05) is 67.4 Å². The van der Waals surface area contributed by atoms with Gasteiger partial charge in [0, 0.05) is 121 Å². The number of hydrogen-bond acceptors (Lipinski definition) is 14. The number of amides is 4. The molecular weight excluding hydrogens is 1270 g/mol. The van der Waals surface area contributed by atoms with Crippen LogP contribution in [0.5, 0.6) is 0 Å². The lowest BCUT2D eigenvalue weighted by Crippen LogP contribution is -2.56. The van der Waals surface area contributed by atoms with E-state index < -0.39 is 64.7 Å². The zero-order chi connectivity index (χ0) is 62.2. The number of imide groups is 1. The predicted molar refractivity (Wildman–Crippen MR) is 336 cm³/mol. The number of allylic oxidation sites excluding steroid dienone is 1. The van der Waals surface area contributed by atoms with E-state index in [4.69, 9.17) is 11.6 Å². The van der Waals surface area contributed by atoms with Gasteiger partial charge in [0.25, 0.3) is 31.7 Å². The molecule has 3 fully saturated rings. The summed E-state index contributed by atoms with van der Waals surface area (Å²) in [4.78, 5) is 61.1. The summed E-state index contributed by atoms with van der Waals surface area (Å²) in [6.07, 6.45) is 3.86. The van der Waals surface area contributed by atoms with Gasteiger partial charge in [-0.15, -0.1) is 11.8 Å². The van der Waals surface area contributed by atoms with Gasteiger partial charge in [-0.2, -0.15) is 13.2 Å². The fraction of sp³-hybridized carbons (Fsp3) is 0.429. The number of thioether (sulfide) groups is 1. The molecule has 10 rings (SSSR count). The highest BCUT2D eigenvalue weighted by molar-refractivity contribution is 9.10. The average Bonchev–Trinajstić information content (AvgIpc) is 1.87. The Morgan fingerprint density at radius 2 is 1.54 bits per heavy atom. The molecule has 3 N–H and O–H groups in total. The number of carbonyl (C=O) groups excluding carboxylic acids is 4. The van der Waals surface area contributed by atoms with Crippen molar-refractivity contribution in [3.8, 4) is 0 Å². The van der Waals surface area contributed by atoms with E-state index in [0.717, 1.165) is 72.7 Å². The molecule has 5 aliphatic rings. The molecule has 0 bridgehead atoms. The highest BCUT2D eigenvalue weighted by Crippen LogP contribution is 2.44. The van der Waals surface area contributed by atoms with Gasteiger partial charge in [0.05, 0.1) is 16.1 Å². The van der Waals surface area contributed by atoms with Gasteiger partial charge in [-0.25, -0.2) is 21.6 Å². The van der Waals surface area contributed by atoms with Gasteiger partial charge in [0.1, 0.15) is 10.9 Å². The second-order valence-electron chi connectivity index (χ2n) is 24.2. The Labute approximate surface area is 524 Å². The van der Waals surface area contributed by atoms with Crippen LogP contribution in [0.4, 0.5) is 24.5 Å². The molecule has 464 valence electrons. The lowest BCUT2D eigenvalue weighted by molar-refractivity contribution is -0.136. The topological polar surface area (TPSA) is 189 Å². The van der Waals surface area contributed by atoms with E-state index >= 15 is 0 Å². The van der Waals surface area contributed by atoms with E-state index in [2.05, 4.69) is 86.0 Å². The SMILES string of the molecule is CC1CN(Cc2cc(Br)c3c(c2)CN(C2CCC(=O)NC2=O)C3=O)CC(C)N1CC[C@H](CSc1ccccc1)Nc1ccc(S(=O)(=O)NC(=O)c2ccc(N3CCN(CC4=C(c5ccc(Cl)cc5)CCC(C)(C)C4)CC3)cc2)cc1S(=O)(=O)C(F)(F)F. The van der Waals surface area contributed by atoms with Crippen LogP contribution in [-0.2, 0) is 42.5 Å². The van der Waals surface area contributed by atoms with Crippen molar-refractivity contribution in [2.24, 2.45) is 5.41 Å². The second-order valence-corrected chi connectivity index (χ2v) is 30.2. The number of fused-ring (bicyclic) bond motifs is 1. The summed E-state index contributed by atoms with van der Waals surface area (Å²) >= 11 is 11.3. The molecule has 4 aliphatic heterocycles. The van der Waals surface area contributed by atoms with Crippen LogP contribution >= 0.6 is 39.3 Å². The van der Waals surface area contributed by atoms with Crippen molar-refractivity contribution < 1.29 is 49.2 Å². The summed E-state index contributed by atoms with van der Waals surface area (Å²) in [7, 11) is -11.1. The van der Waals surface area contributed by atoms with E-state index in [1.54, 1.807) is 12.1 Å². The molecule has 5 aromatic carbocycles. The minimum absolute atomic E-state index is 0.00218. The summed E-state index contributed by atoms with van der Waals surface area (Å²) in [6.45, 7) is 15.2. The summed E-state index contributed by atoms with van der Waals surface area (Å²) in [5.74, 6) is -1.87. The number of sulfone groups is 1. The molecular formula is C63H71BrClF3N8O8S3. The van der Waals surface area contributed by atoms with Gasteiger partial charge < -0.3 is 15.1 Å². The molecule has 4 atom stereocenters. The van der Waals surface area contributed by atoms with E-state index in [1.807, 2.05) is 59.3 Å². The molecule has 0 aromatic heterocycles. The largest absolute Gasteiger partial charge is 0.501 e. The monoisotopic (exact) mass is 1330 g/mol. The number of carbonyl (C=O) groups is 4. The first-order chi connectivity index (χ1) is 41.2. The van der Waals surface area contributed by atoms with Crippen molar-refractivity contribution in [3.05, 3.63) is 152 Å². The molecule has 4 heterocycles. The minimum atomic E-state index is -6.16.